The molecule has 1 aromatic carbocycles. The quantitative estimate of drug-likeness (QED) is 0.868. The molecule has 1 nitrogen and oxygen atoms in total. The molecule has 1 aliphatic rings. The Hall–Kier alpha value is -0.540. The normalized spacial score (nSPS) is 26.9. The van der Waals surface area contributed by atoms with Crippen molar-refractivity contribution in [2.45, 2.75) is 37.6 Å². The van der Waals surface area contributed by atoms with Crippen molar-refractivity contribution >= 4 is 11.8 Å². The predicted molar refractivity (Wildman–Crippen MR) is 68.3 cm³/mol. The van der Waals surface area contributed by atoms with Crippen molar-refractivity contribution in [3.8, 4) is 0 Å². The van der Waals surface area contributed by atoms with Crippen LogP contribution in [0.5, 0.6) is 0 Å². The summed E-state index contributed by atoms with van der Waals surface area (Å²) in [6, 6.07) is 7.64. The summed E-state index contributed by atoms with van der Waals surface area (Å²) in [5.74, 6) is 1.08. The van der Waals surface area contributed by atoms with E-state index in [0.29, 0.717) is 11.3 Å². The molecule has 3 atom stereocenters. The molecule has 1 fully saturated rings. The van der Waals surface area contributed by atoms with Gasteiger partial charge in [0.05, 0.1) is 0 Å². The van der Waals surface area contributed by atoms with Gasteiger partial charge in [-0.15, -0.1) is 0 Å². The monoisotopic (exact) mass is 239 g/mol. The number of nitrogens with one attached hydrogen (secondary N) is 1. The summed E-state index contributed by atoms with van der Waals surface area (Å²) in [4.78, 5) is 0. The first-order valence-electron chi connectivity index (χ1n) is 5.80. The van der Waals surface area contributed by atoms with E-state index in [9.17, 15) is 4.39 Å². The molecule has 2 unspecified atom stereocenters. The zero-order valence-corrected chi connectivity index (χ0v) is 10.6. The summed E-state index contributed by atoms with van der Waals surface area (Å²) in [7, 11) is 0. The SMILES string of the molecule is CC1SCCC1N[C@H](C)c1cccc(F)c1. The predicted octanol–water partition coefficient (Wildman–Crippen LogP) is 3.37. The first-order valence-corrected chi connectivity index (χ1v) is 6.85. The summed E-state index contributed by atoms with van der Waals surface area (Å²) in [5.41, 5.74) is 1.03. The number of thioether (sulfide) groups is 1. The molecule has 2 rings (SSSR count). The lowest BCUT2D eigenvalue weighted by Gasteiger charge is -2.22. The van der Waals surface area contributed by atoms with Crippen molar-refractivity contribution in [3.05, 3.63) is 35.6 Å². The molecule has 0 aliphatic carbocycles. The Morgan fingerprint density at radius 2 is 2.31 bits per heavy atom. The van der Waals surface area contributed by atoms with Gasteiger partial charge in [-0.25, -0.2) is 4.39 Å². The highest BCUT2D eigenvalue weighted by Crippen LogP contribution is 2.28. The van der Waals surface area contributed by atoms with E-state index in [1.165, 1.54) is 18.2 Å². The molecule has 0 saturated carbocycles. The third-order valence-electron chi connectivity index (χ3n) is 3.19. The highest BCUT2D eigenvalue weighted by molar-refractivity contribution is 8.00. The summed E-state index contributed by atoms with van der Waals surface area (Å²) in [6.07, 6.45) is 1.21. The van der Waals surface area contributed by atoms with Crippen molar-refractivity contribution in [2.75, 3.05) is 5.75 Å². The molecule has 0 aromatic heterocycles. The average Bonchev–Trinajstić information content (AvgIpc) is 2.64. The van der Waals surface area contributed by atoms with E-state index in [1.807, 2.05) is 17.8 Å². The fraction of sp³-hybridized carbons (Fsp3) is 0.538. The molecule has 1 aromatic rings. The first-order chi connectivity index (χ1) is 7.66. The Balaban J connectivity index is 1.99. The minimum absolute atomic E-state index is 0.153. The van der Waals surface area contributed by atoms with Crippen LogP contribution in [0.25, 0.3) is 0 Å². The maximum absolute atomic E-state index is 13.1. The van der Waals surface area contributed by atoms with Gasteiger partial charge >= 0.3 is 0 Å². The Morgan fingerprint density at radius 1 is 1.50 bits per heavy atom. The first kappa shape index (κ1) is 11.9. The lowest BCUT2D eigenvalue weighted by atomic mass is 10.1. The van der Waals surface area contributed by atoms with E-state index in [-0.39, 0.29) is 11.9 Å². The van der Waals surface area contributed by atoms with Crippen LogP contribution in [-0.4, -0.2) is 17.0 Å². The lowest BCUT2D eigenvalue weighted by Crippen LogP contribution is -2.35. The minimum atomic E-state index is -0.153. The third-order valence-corrected chi connectivity index (χ3v) is 4.51. The molecular formula is C13H18FNS. The highest BCUT2D eigenvalue weighted by Gasteiger charge is 2.25. The molecular weight excluding hydrogens is 221 g/mol. The molecule has 0 radical (unpaired) electrons. The van der Waals surface area contributed by atoms with E-state index < -0.39 is 0 Å². The molecule has 3 heteroatoms. The van der Waals surface area contributed by atoms with Gasteiger partial charge < -0.3 is 5.32 Å². The Kier molecular flexibility index (Phi) is 3.87. The molecule has 88 valence electrons. The van der Waals surface area contributed by atoms with Crippen LogP contribution >= 0.6 is 11.8 Å². The number of halogens is 1. The van der Waals surface area contributed by atoms with Crippen LogP contribution in [0, 0.1) is 5.82 Å². The van der Waals surface area contributed by atoms with E-state index in [0.717, 1.165) is 5.56 Å². The van der Waals surface area contributed by atoms with Gasteiger partial charge in [0.1, 0.15) is 5.82 Å². The Morgan fingerprint density at radius 3 is 2.94 bits per heavy atom. The standard InChI is InChI=1S/C13H18FNS/c1-9(11-4-3-5-12(14)8-11)15-13-6-7-16-10(13)2/h3-5,8-10,13,15H,6-7H2,1-2H3/t9-,10?,13?/m1/s1. The minimum Gasteiger partial charge on any atom is -0.306 e. The molecule has 0 spiro atoms. The molecule has 0 amide bonds. The maximum atomic E-state index is 13.1. The lowest BCUT2D eigenvalue weighted by molar-refractivity contribution is 0.452. The summed E-state index contributed by atoms with van der Waals surface area (Å²) >= 11 is 2.01. The van der Waals surface area contributed by atoms with Gasteiger partial charge in [-0.2, -0.15) is 11.8 Å². The topological polar surface area (TPSA) is 12.0 Å². The van der Waals surface area contributed by atoms with Gasteiger partial charge in [-0.1, -0.05) is 19.1 Å². The van der Waals surface area contributed by atoms with Gasteiger partial charge in [0, 0.05) is 17.3 Å². The Labute approximate surface area is 101 Å². The van der Waals surface area contributed by atoms with Crippen LogP contribution in [0.15, 0.2) is 24.3 Å². The van der Waals surface area contributed by atoms with Gasteiger partial charge in [0.15, 0.2) is 0 Å². The van der Waals surface area contributed by atoms with Crippen LogP contribution in [0.3, 0.4) is 0 Å². The fourth-order valence-electron chi connectivity index (χ4n) is 2.14. The van der Waals surface area contributed by atoms with Crippen LogP contribution < -0.4 is 5.32 Å². The fourth-order valence-corrected chi connectivity index (χ4v) is 3.35. The molecule has 1 aliphatic heterocycles. The second-order valence-corrected chi connectivity index (χ2v) is 5.90. The van der Waals surface area contributed by atoms with Crippen molar-refractivity contribution in [1.29, 1.82) is 0 Å². The Bertz CT molecular complexity index is 356. The van der Waals surface area contributed by atoms with E-state index >= 15 is 0 Å². The van der Waals surface area contributed by atoms with Crippen molar-refractivity contribution in [1.82, 2.24) is 5.32 Å². The highest BCUT2D eigenvalue weighted by atomic mass is 32.2. The van der Waals surface area contributed by atoms with Crippen LogP contribution in [0.4, 0.5) is 4.39 Å². The van der Waals surface area contributed by atoms with E-state index in [1.54, 1.807) is 12.1 Å². The summed E-state index contributed by atoms with van der Waals surface area (Å²) < 4.78 is 13.1. The van der Waals surface area contributed by atoms with Crippen molar-refractivity contribution in [2.24, 2.45) is 0 Å². The summed E-state index contributed by atoms with van der Waals surface area (Å²) in [5, 5.41) is 4.25. The molecule has 0 bridgehead atoms. The van der Waals surface area contributed by atoms with Crippen LogP contribution in [-0.2, 0) is 0 Å². The number of benzene rings is 1. The van der Waals surface area contributed by atoms with Gasteiger partial charge in [0.2, 0.25) is 0 Å². The zero-order chi connectivity index (χ0) is 11.5. The zero-order valence-electron chi connectivity index (χ0n) is 9.74. The second kappa shape index (κ2) is 5.19. The maximum Gasteiger partial charge on any atom is 0.123 e. The molecule has 1 heterocycles. The van der Waals surface area contributed by atoms with E-state index in [2.05, 4.69) is 19.2 Å². The van der Waals surface area contributed by atoms with Gasteiger partial charge in [0.25, 0.3) is 0 Å². The smallest absolute Gasteiger partial charge is 0.123 e. The van der Waals surface area contributed by atoms with Crippen molar-refractivity contribution in [3.63, 3.8) is 0 Å². The van der Waals surface area contributed by atoms with Crippen LogP contribution in [0.2, 0.25) is 0 Å². The molecule has 16 heavy (non-hydrogen) atoms. The summed E-state index contributed by atoms with van der Waals surface area (Å²) in [6.45, 7) is 4.36. The third kappa shape index (κ3) is 2.77. The largest absolute Gasteiger partial charge is 0.306 e. The second-order valence-electron chi connectivity index (χ2n) is 4.41. The molecule has 1 N–H and O–H groups in total. The van der Waals surface area contributed by atoms with E-state index in [4.69, 9.17) is 0 Å². The number of hydrogen-bond donors (Lipinski definition) is 1. The molecule has 1 saturated heterocycles. The number of rotatable bonds is 3. The van der Waals surface area contributed by atoms with Crippen LogP contribution in [0.1, 0.15) is 31.9 Å². The number of hydrogen-bond acceptors (Lipinski definition) is 2. The van der Waals surface area contributed by atoms with Crippen molar-refractivity contribution < 1.29 is 4.39 Å². The van der Waals surface area contributed by atoms with Gasteiger partial charge in [-0.3, -0.25) is 0 Å². The average molecular weight is 239 g/mol. The van der Waals surface area contributed by atoms with Gasteiger partial charge in [-0.05, 0) is 36.8 Å².